The van der Waals surface area contributed by atoms with Crippen LogP contribution in [0.25, 0.3) is 0 Å². The van der Waals surface area contributed by atoms with E-state index in [9.17, 15) is 14.4 Å². The van der Waals surface area contributed by atoms with Crippen LogP contribution in [0, 0.1) is 13.8 Å². The summed E-state index contributed by atoms with van der Waals surface area (Å²) in [6.07, 6.45) is 0. The Hall–Kier alpha value is -1.93. The fraction of sp³-hybridized carbons (Fsp3) is 0.308. The molecule has 0 heterocycles. The summed E-state index contributed by atoms with van der Waals surface area (Å²) in [6, 6.07) is 2.97. The van der Waals surface area contributed by atoms with Crippen LogP contribution >= 0.6 is 15.9 Å². The first-order valence-corrected chi connectivity index (χ1v) is 6.76. The third kappa shape index (κ3) is 5.92. The quantitative estimate of drug-likeness (QED) is 0.744. The summed E-state index contributed by atoms with van der Waals surface area (Å²) in [5.41, 5.74) is 2.29. The van der Waals surface area contributed by atoms with Crippen molar-refractivity contribution in [2.24, 2.45) is 0 Å². The largest absolute Gasteiger partial charge is 0.480 e. The van der Waals surface area contributed by atoms with Crippen LogP contribution in [0.5, 0.6) is 0 Å². The van der Waals surface area contributed by atoms with Crippen LogP contribution in [0.4, 0.5) is 10.5 Å². The second kappa shape index (κ2) is 7.75. The molecule has 0 bridgehead atoms. The Morgan fingerprint density at radius 2 is 1.76 bits per heavy atom. The van der Waals surface area contributed by atoms with Crippen LogP contribution in [0.1, 0.15) is 11.1 Å². The number of hydrogen-bond acceptors (Lipinski definition) is 4. The maximum Gasteiger partial charge on any atom is 0.329 e. The molecule has 1 aromatic carbocycles. The number of amides is 3. The van der Waals surface area contributed by atoms with Crippen molar-refractivity contribution in [3.8, 4) is 0 Å². The molecule has 8 heteroatoms. The minimum Gasteiger partial charge on any atom is -0.480 e. The van der Waals surface area contributed by atoms with E-state index in [1.807, 2.05) is 26.0 Å². The van der Waals surface area contributed by atoms with Crippen molar-refractivity contribution in [1.82, 2.24) is 5.32 Å². The van der Waals surface area contributed by atoms with Gasteiger partial charge in [-0.1, -0.05) is 15.9 Å². The highest BCUT2D eigenvalue weighted by Crippen LogP contribution is 2.24. The zero-order valence-corrected chi connectivity index (χ0v) is 13.1. The summed E-state index contributed by atoms with van der Waals surface area (Å²) in [6.45, 7) is 2.55. The first-order valence-electron chi connectivity index (χ1n) is 5.96. The van der Waals surface area contributed by atoms with Crippen LogP contribution in [-0.2, 0) is 14.3 Å². The van der Waals surface area contributed by atoms with Gasteiger partial charge in [-0.2, -0.15) is 0 Å². The van der Waals surface area contributed by atoms with Gasteiger partial charge in [0, 0.05) is 10.2 Å². The number of halogens is 1. The summed E-state index contributed by atoms with van der Waals surface area (Å²) in [4.78, 5) is 33.2. The van der Waals surface area contributed by atoms with Gasteiger partial charge in [0.15, 0.2) is 0 Å². The summed E-state index contributed by atoms with van der Waals surface area (Å²) >= 11 is 3.35. The zero-order chi connectivity index (χ0) is 16.0. The average Bonchev–Trinajstić information content (AvgIpc) is 2.33. The van der Waals surface area contributed by atoms with E-state index < -0.39 is 31.1 Å². The van der Waals surface area contributed by atoms with Gasteiger partial charge in [-0.25, -0.2) is 9.59 Å². The number of rotatable bonds is 5. The Morgan fingerprint density at radius 1 is 1.19 bits per heavy atom. The third-order valence-electron chi connectivity index (χ3n) is 2.45. The van der Waals surface area contributed by atoms with Crippen molar-refractivity contribution in [3.05, 3.63) is 27.7 Å². The molecule has 3 N–H and O–H groups in total. The molecule has 0 spiro atoms. The van der Waals surface area contributed by atoms with Gasteiger partial charge in [0.1, 0.15) is 13.2 Å². The number of carbonyl (C=O) groups excluding carboxylic acids is 2. The lowest BCUT2D eigenvalue weighted by molar-refractivity contribution is -0.143. The third-order valence-corrected chi connectivity index (χ3v) is 2.91. The summed E-state index contributed by atoms with van der Waals surface area (Å²) < 4.78 is 5.46. The fourth-order valence-electron chi connectivity index (χ4n) is 1.65. The predicted molar refractivity (Wildman–Crippen MR) is 79.2 cm³/mol. The average molecular weight is 359 g/mol. The summed E-state index contributed by atoms with van der Waals surface area (Å²) in [5.74, 6) is -1.91. The number of hydrogen-bond donors (Lipinski definition) is 3. The first-order chi connectivity index (χ1) is 9.79. The van der Waals surface area contributed by atoms with E-state index in [2.05, 4.69) is 31.3 Å². The van der Waals surface area contributed by atoms with Crippen molar-refractivity contribution >= 4 is 39.5 Å². The molecule has 21 heavy (non-hydrogen) atoms. The van der Waals surface area contributed by atoms with Crippen LogP contribution in [0.2, 0.25) is 0 Å². The number of carboxylic acids is 1. The molecule has 114 valence electrons. The smallest absolute Gasteiger partial charge is 0.329 e. The van der Waals surface area contributed by atoms with Gasteiger partial charge in [0.2, 0.25) is 0 Å². The number of imide groups is 1. The molecule has 1 rings (SSSR count). The molecule has 3 amide bonds. The summed E-state index contributed by atoms with van der Waals surface area (Å²) in [5, 5.41) is 13.0. The number of carboxylic acid groups (broad SMARTS) is 1. The van der Waals surface area contributed by atoms with Crippen LogP contribution in [-0.4, -0.2) is 36.2 Å². The standard InChI is InChI=1S/C13H15BrN2O5/c1-7-3-9(14)4-8(2)12(7)16-13(20)15-10(17)5-21-6-11(18)19/h3-4H,5-6H2,1-2H3,(H,18,19)(H2,15,16,17,20). The van der Waals surface area contributed by atoms with E-state index in [0.717, 1.165) is 15.6 Å². The van der Waals surface area contributed by atoms with Crippen molar-refractivity contribution < 1.29 is 24.2 Å². The van der Waals surface area contributed by atoms with Gasteiger partial charge in [-0.3, -0.25) is 10.1 Å². The monoisotopic (exact) mass is 358 g/mol. The first kappa shape index (κ1) is 17.1. The molecule has 1 aromatic rings. The van der Waals surface area contributed by atoms with Gasteiger partial charge in [0.25, 0.3) is 5.91 Å². The topological polar surface area (TPSA) is 105 Å². The Bertz CT molecular complexity index is 551. The van der Waals surface area contributed by atoms with Crippen LogP contribution < -0.4 is 10.6 Å². The maximum absolute atomic E-state index is 11.7. The number of benzene rings is 1. The van der Waals surface area contributed by atoms with Gasteiger partial charge in [-0.15, -0.1) is 0 Å². The summed E-state index contributed by atoms with van der Waals surface area (Å²) in [7, 11) is 0. The van der Waals surface area contributed by atoms with E-state index in [-0.39, 0.29) is 0 Å². The molecule has 7 nitrogen and oxygen atoms in total. The van der Waals surface area contributed by atoms with Crippen molar-refractivity contribution in [2.75, 3.05) is 18.5 Å². The van der Waals surface area contributed by atoms with Crippen molar-refractivity contribution in [3.63, 3.8) is 0 Å². The highest BCUT2D eigenvalue weighted by molar-refractivity contribution is 9.10. The number of aryl methyl sites for hydroxylation is 2. The molecule has 0 unspecified atom stereocenters. The van der Waals surface area contributed by atoms with Gasteiger partial charge in [-0.05, 0) is 37.1 Å². The predicted octanol–water partition coefficient (Wildman–Crippen LogP) is 1.82. The molecule has 0 aliphatic rings. The lowest BCUT2D eigenvalue weighted by Gasteiger charge is -2.12. The second-order valence-electron chi connectivity index (χ2n) is 4.30. The molecule has 0 radical (unpaired) electrons. The van der Waals surface area contributed by atoms with E-state index >= 15 is 0 Å². The Morgan fingerprint density at radius 3 is 2.29 bits per heavy atom. The molecular formula is C13H15BrN2O5. The Kier molecular flexibility index (Phi) is 6.32. The molecule has 0 atom stereocenters. The molecule has 0 aliphatic heterocycles. The lowest BCUT2D eigenvalue weighted by atomic mass is 10.1. The molecule has 0 fully saturated rings. The number of ether oxygens (including phenoxy) is 1. The normalized spacial score (nSPS) is 10.0. The van der Waals surface area contributed by atoms with Gasteiger partial charge in [0.05, 0.1) is 0 Å². The number of aliphatic carboxylic acids is 1. The van der Waals surface area contributed by atoms with E-state index in [0.29, 0.717) is 5.69 Å². The highest BCUT2D eigenvalue weighted by Gasteiger charge is 2.12. The second-order valence-corrected chi connectivity index (χ2v) is 5.22. The van der Waals surface area contributed by atoms with Crippen molar-refractivity contribution in [2.45, 2.75) is 13.8 Å². The molecule has 0 saturated heterocycles. The number of nitrogens with one attached hydrogen (secondary N) is 2. The van der Waals surface area contributed by atoms with E-state index in [4.69, 9.17) is 5.11 Å². The zero-order valence-electron chi connectivity index (χ0n) is 11.5. The lowest BCUT2D eigenvalue weighted by Crippen LogP contribution is -2.37. The number of carbonyl (C=O) groups is 3. The molecular weight excluding hydrogens is 344 g/mol. The van der Waals surface area contributed by atoms with E-state index in [1.165, 1.54) is 0 Å². The number of urea groups is 1. The Labute approximate surface area is 129 Å². The highest BCUT2D eigenvalue weighted by atomic mass is 79.9. The van der Waals surface area contributed by atoms with Crippen LogP contribution in [0.15, 0.2) is 16.6 Å². The minimum absolute atomic E-state index is 0.502. The number of anilines is 1. The SMILES string of the molecule is Cc1cc(Br)cc(C)c1NC(=O)NC(=O)COCC(=O)O. The Balaban J connectivity index is 2.54. The van der Waals surface area contributed by atoms with E-state index in [1.54, 1.807) is 0 Å². The molecule has 0 saturated carbocycles. The van der Waals surface area contributed by atoms with Gasteiger partial charge >= 0.3 is 12.0 Å². The van der Waals surface area contributed by atoms with Crippen molar-refractivity contribution in [1.29, 1.82) is 0 Å². The minimum atomic E-state index is -1.19. The fourth-order valence-corrected chi connectivity index (χ4v) is 2.33. The van der Waals surface area contributed by atoms with Gasteiger partial charge < -0.3 is 15.2 Å². The molecule has 0 aromatic heterocycles. The molecule has 0 aliphatic carbocycles. The van der Waals surface area contributed by atoms with Crippen LogP contribution in [0.3, 0.4) is 0 Å². The maximum atomic E-state index is 11.7.